The van der Waals surface area contributed by atoms with Crippen molar-refractivity contribution in [2.24, 2.45) is 0 Å². The second kappa shape index (κ2) is 4.08. The van der Waals surface area contributed by atoms with Crippen molar-refractivity contribution in [3.8, 4) is 0 Å². The third-order valence-corrected chi connectivity index (χ3v) is 2.60. The van der Waals surface area contributed by atoms with Crippen LogP contribution in [0.2, 0.25) is 0 Å². The number of amides is 1. The Morgan fingerprint density at radius 3 is 2.88 bits per heavy atom. The monoisotopic (exact) mass is 226 g/mol. The standard InChI is InChI=1S/C11H12F2N2O/c1-7(16)15-6-2-5-14-11-9(15)4-3-8(12)10(11)13/h3-4,14H,2,5-6H2,1H3. The number of anilines is 2. The highest BCUT2D eigenvalue weighted by molar-refractivity contribution is 5.95. The number of hydrogen-bond acceptors (Lipinski definition) is 2. The molecule has 0 saturated carbocycles. The van der Waals surface area contributed by atoms with Crippen LogP contribution in [0.1, 0.15) is 13.3 Å². The van der Waals surface area contributed by atoms with Gasteiger partial charge in [0.25, 0.3) is 0 Å². The Balaban J connectivity index is 2.54. The first kappa shape index (κ1) is 10.9. The van der Waals surface area contributed by atoms with Gasteiger partial charge in [-0.2, -0.15) is 0 Å². The quantitative estimate of drug-likeness (QED) is 0.735. The summed E-state index contributed by atoms with van der Waals surface area (Å²) in [5, 5.41) is 2.81. The molecule has 0 aliphatic carbocycles. The van der Waals surface area contributed by atoms with Crippen LogP contribution < -0.4 is 10.2 Å². The minimum absolute atomic E-state index is 0.0766. The summed E-state index contributed by atoms with van der Waals surface area (Å²) in [5.74, 6) is -2.00. The molecule has 0 atom stereocenters. The average Bonchev–Trinajstić information content (AvgIpc) is 2.46. The van der Waals surface area contributed by atoms with Crippen LogP contribution in [-0.2, 0) is 4.79 Å². The number of fused-ring (bicyclic) bond motifs is 1. The van der Waals surface area contributed by atoms with E-state index in [1.165, 1.54) is 17.9 Å². The van der Waals surface area contributed by atoms with E-state index in [1.54, 1.807) is 0 Å². The molecule has 1 aromatic carbocycles. The molecule has 1 aromatic rings. The van der Waals surface area contributed by atoms with Crippen molar-refractivity contribution in [2.45, 2.75) is 13.3 Å². The Labute approximate surface area is 92.1 Å². The fourth-order valence-electron chi connectivity index (χ4n) is 1.83. The molecule has 1 heterocycles. The van der Waals surface area contributed by atoms with E-state index in [4.69, 9.17) is 0 Å². The zero-order valence-electron chi connectivity index (χ0n) is 8.89. The van der Waals surface area contributed by atoms with Crippen molar-refractivity contribution in [2.75, 3.05) is 23.3 Å². The number of hydrogen-bond donors (Lipinski definition) is 1. The summed E-state index contributed by atoms with van der Waals surface area (Å²) in [4.78, 5) is 12.8. The largest absolute Gasteiger partial charge is 0.381 e. The van der Waals surface area contributed by atoms with E-state index in [0.29, 0.717) is 25.2 Å². The highest BCUT2D eigenvalue weighted by Crippen LogP contribution is 2.32. The van der Waals surface area contributed by atoms with Gasteiger partial charge >= 0.3 is 0 Å². The van der Waals surface area contributed by atoms with Crippen LogP contribution in [0.5, 0.6) is 0 Å². The number of nitrogens with zero attached hydrogens (tertiary/aromatic N) is 1. The third kappa shape index (κ3) is 1.73. The molecule has 0 spiro atoms. The summed E-state index contributed by atoms with van der Waals surface area (Å²) in [7, 11) is 0. The van der Waals surface area contributed by atoms with Crippen LogP contribution in [0.25, 0.3) is 0 Å². The molecule has 5 heteroatoms. The Morgan fingerprint density at radius 2 is 2.19 bits per heavy atom. The summed E-state index contributed by atoms with van der Waals surface area (Å²) in [5.41, 5.74) is 0.483. The maximum Gasteiger partial charge on any atom is 0.223 e. The predicted octanol–water partition coefficient (Wildman–Crippen LogP) is 2.13. The van der Waals surface area contributed by atoms with Gasteiger partial charge in [-0.15, -0.1) is 0 Å². The van der Waals surface area contributed by atoms with Crippen molar-refractivity contribution in [1.29, 1.82) is 0 Å². The van der Waals surface area contributed by atoms with E-state index >= 15 is 0 Å². The minimum atomic E-state index is -0.925. The highest BCUT2D eigenvalue weighted by Gasteiger charge is 2.22. The normalized spacial score (nSPS) is 15.1. The van der Waals surface area contributed by atoms with Gasteiger partial charge in [-0.3, -0.25) is 4.79 Å². The lowest BCUT2D eigenvalue weighted by atomic mass is 10.2. The van der Waals surface area contributed by atoms with Crippen molar-refractivity contribution in [3.63, 3.8) is 0 Å². The van der Waals surface area contributed by atoms with Crippen molar-refractivity contribution in [3.05, 3.63) is 23.8 Å². The maximum atomic E-state index is 13.5. The lowest BCUT2D eigenvalue weighted by molar-refractivity contribution is -0.116. The van der Waals surface area contributed by atoms with Gasteiger partial charge in [-0.05, 0) is 18.6 Å². The molecule has 0 fully saturated rings. The molecule has 2 rings (SSSR count). The van der Waals surface area contributed by atoms with Gasteiger partial charge in [0.1, 0.15) is 0 Å². The van der Waals surface area contributed by atoms with Crippen LogP contribution in [-0.4, -0.2) is 19.0 Å². The summed E-state index contributed by atoms with van der Waals surface area (Å²) in [6, 6.07) is 2.46. The summed E-state index contributed by atoms with van der Waals surface area (Å²) >= 11 is 0. The summed E-state index contributed by atoms with van der Waals surface area (Å²) < 4.78 is 26.6. The molecule has 0 radical (unpaired) electrons. The predicted molar refractivity (Wildman–Crippen MR) is 57.5 cm³/mol. The van der Waals surface area contributed by atoms with E-state index in [9.17, 15) is 13.6 Å². The third-order valence-electron chi connectivity index (χ3n) is 2.60. The zero-order chi connectivity index (χ0) is 11.7. The molecule has 0 unspecified atom stereocenters. The Morgan fingerprint density at radius 1 is 1.44 bits per heavy atom. The lowest BCUT2D eigenvalue weighted by Gasteiger charge is -2.20. The topological polar surface area (TPSA) is 32.3 Å². The number of carbonyl (C=O) groups is 1. The van der Waals surface area contributed by atoms with Crippen LogP contribution >= 0.6 is 0 Å². The van der Waals surface area contributed by atoms with Crippen molar-refractivity contribution < 1.29 is 13.6 Å². The van der Waals surface area contributed by atoms with Crippen LogP contribution in [0.4, 0.5) is 20.2 Å². The van der Waals surface area contributed by atoms with Gasteiger partial charge in [-0.1, -0.05) is 0 Å². The number of benzene rings is 1. The van der Waals surface area contributed by atoms with E-state index < -0.39 is 11.6 Å². The maximum absolute atomic E-state index is 13.5. The smallest absolute Gasteiger partial charge is 0.223 e. The highest BCUT2D eigenvalue weighted by atomic mass is 19.2. The van der Waals surface area contributed by atoms with Gasteiger partial charge in [0.15, 0.2) is 11.6 Å². The molecule has 1 aliphatic heterocycles. The molecule has 1 aliphatic rings. The Bertz CT molecular complexity index is 434. The fourth-order valence-corrected chi connectivity index (χ4v) is 1.83. The summed E-state index contributed by atoms with van der Waals surface area (Å²) in [6.45, 7) is 2.45. The summed E-state index contributed by atoms with van der Waals surface area (Å²) in [6.07, 6.45) is 0.704. The molecule has 0 aromatic heterocycles. The average molecular weight is 226 g/mol. The molecule has 1 N–H and O–H groups in total. The van der Waals surface area contributed by atoms with Gasteiger partial charge < -0.3 is 10.2 Å². The Hall–Kier alpha value is -1.65. The van der Waals surface area contributed by atoms with E-state index in [-0.39, 0.29) is 11.6 Å². The number of nitrogens with one attached hydrogen (secondary N) is 1. The first-order valence-corrected chi connectivity index (χ1v) is 5.11. The van der Waals surface area contributed by atoms with Crippen molar-refractivity contribution >= 4 is 17.3 Å². The molecule has 0 saturated heterocycles. The van der Waals surface area contributed by atoms with E-state index in [0.717, 1.165) is 6.07 Å². The lowest BCUT2D eigenvalue weighted by Crippen LogP contribution is -2.29. The first-order valence-electron chi connectivity index (χ1n) is 5.11. The van der Waals surface area contributed by atoms with Gasteiger partial charge in [-0.25, -0.2) is 8.78 Å². The molecule has 16 heavy (non-hydrogen) atoms. The molecule has 3 nitrogen and oxygen atoms in total. The van der Waals surface area contributed by atoms with E-state index in [2.05, 4.69) is 5.32 Å². The molecule has 86 valence electrons. The van der Waals surface area contributed by atoms with Crippen LogP contribution in [0, 0.1) is 11.6 Å². The van der Waals surface area contributed by atoms with E-state index in [1.807, 2.05) is 0 Å². The zero-order valence-corrected chi connectivity index (χ0v) is 8.89. The molecular weight excluding hydrogens is 214 g/mol. The SMILES string of the molecule is CC(=O)N1CCCNc2c1ccc(F)c2F. The molecule has 1 amide bonds. The van der Waals surface area contributed by atoms with Crippen molar-refractivity contribution in [1.82, 2.24) is 0 Å². The number of halogens is 2. The van der Waals surface area contributed by atoms with Gasteiger partial charge in [0.05, 0.1) is 11.4 Å². The number of rotatable bonds is 0. The van der Waals surface area contributed by atoms with Crippen LogP contribution in [0.15, 0.2) is 12.1 Å². The second-order valence-electron chi connectivity index (χ2n) is 3.71. The van der Waals surface area contributed by atoms with Gasteiger partial charge in [0, 0.05) is 20.0 Å². The second-order valence-corrected chi connectivity index (χ2v) is 3.71. The van der Waals surface area contributed by atoms with Gasteiger partial charge in [0.2, 0.25) is 5.91 Å². The first-order chi connectivity index (χ1) is 7.61. The fraction of sp³-hybridized carbons (Fsp3) is 0.364. The molecule has 0 bridgehead atoms. The van der Waals surface area contributed by atoms with Crippen LogP contribution in [0.3, 0.4) is 0 Å². The molecular formula is C11H12F2N2O. The minimum Gasteiger partial charge on any atom is -0.381 e. The number of carbonyl (C=O) groups excluding carboxylic acids is 1. The Kier molecular flexibility index (Phi) is 2.77.